The van der Waals surface area contributed by atoms with Crippen LogP contribution in [-0.4, -0.2) is 24.8 Å². The molecule has 0 unspecified atom stereocenters. The molecule has 3 heteroatoms. The lowest BCUT2D eigenvalue weighted by molar-refractivity contribution is -0.221. The van der Waals surface area contributed by atoms with Crippen molar-refractivity contribution in [3.8, 4) is 0 Å². The predicted octanol–water partition coefficient (Wildman–Crippen LogP) is 2.78. The Bertz CT molecular complexity index is 381. The zero-order valence-corrected chi connectivity index (χ0v) is 11.9. The van der Waals surface area contributed by atoms with Crippen LogP contribution in [0.1, 0.15) is 47.0 Å². The molecular weight excluding hydrogens is 228 g/mol. The molecule has 3 aliphatic rings. The highest BCUT2D eigenvalue weighted by Crippen LogP contribution is 2.67. The third kappa shape index (κ3) is 1.35. The first-order valence-corrected chi connectivity index (χ1v) is 7.13. The van der Waals surface area contributed by atoms with Crippen LogP contribution < -0.4 is 0 Å². The van der Waals surface area contributed by atoms with Gasteiger partial charge in [0.2, 0.25) is 0 Å². The Morgan fingerprint density at radius 1 is 1.17 bits per heavy atom. The van der Waals surface area contributed by atoms with Crippen molar-refractivity contribution in [1.82, 2.24) is 0 Å². The van der Waals surface area contributed by atoms with Crippen molar-refractivity contribution >= 4 is 5.78 Å². The van der Waals surface area contributed by atoms with Gasteiger partial charge in [-0.05, 0) is 17.8 Å². The van der Waals surface area contributed by atoms with Gasteiger partial charge in [-0.2, -0.15) is 0 Å². The van der Waals surface area contributed by atoms with Crippen LogP contribution in [0, 0.1) is 22.7 Å². The predicted molar refractivity (Wildman–Crippen MR) is 68.0 cm³/mol. The Morgan fingerprint density at radius 3 is 2.39 bits per heavy atom. The van der Waals surface area contributed by atoms with Crippen LogP contribution in [0.5, 0.6) is 0 Å². The van der Waals surface area contributed by atoms with Crippen molar-refractivity contribution in [1.29, 1.82) is 0 Å². The molecule has 0 bridgehead atoms. The number of carbonyl (C=O) groups excluding carboxylic acids is 1. The average molecular weight is 252 g/mol. The lowest BCUT2D eigenvalue weighted by atomic mass is 9.59. The summed E-state index contributed by atoms with van der Waals surface area (Å²) in [6.45, 7) is 10.2. The van der Waals surface area contributed by atoms with Gasteiger partial charge in [0.25, 0.3) is 0 Å². The van der Waals surface area contributed by atoms with E-state index >= 15 is 0 Å². The monoisotopic (exact) mass is 252 g/mol. The normalized spacial score (nSPS) is 45.4. The van der Waals surface area contributed by atoms with E-state index in [0.29, 0.717) is 24.9 Å². The van der Waals surface area contributed by atoms with Gasteiger partial charge in [-0.25, -0.2) is 0 Å². The fourth-order valence-electron chi connectivity index (χ4n) is 5.20. The van der Waals surface area contributed by atoms with Crippen LogP contribution in [-0.2, 0) is 14.3 Å². The number of ketones is 1. The van der Waals surface area contributed by atoms with E-state index < -0.39 is 5.79 Å². The number of Topliss-reactive ketones (excluding diaryl/α,β-unsaturated/α-hetero) is 1. The highest BCUT2D eigenvalue weighted by atomic mass is 16.7. The van der Waals surface area contributed by atoms with Crippen molar-refractivity contribution in [2.24, 2.45) is 22.7 Å². The first-order chi connectivity index (χ1) is 8.32. The third-order valence-electron chi connectivity index (χ3n) is 5.85. The SMILES string of the molecule is C[C@@H]1C(=O)CC[C@@]2(C)CC3(OCCO3)C(C)(C)[C@@H]12. The van der Waals surface area contributed by atoms with Crippen LogP contribution in [0.15, 0.2) is 0 Å². The summed E-state index contributed by atoms with van der Waals surface area (Å²) in [5, 5.41) is 0. The van der Waals surface area contributed by atoms with E-state index in [4.69, 9.17) is 9.47 Å². The van der Waals surface area contributed by atoms with E-state index in [-0.39, 0.29) is 16.7 Å². The van der Waals surface area contributed by atoms with Crippen LogP contribution in [0.3, 0.4) is 0 Å². The summed E-state index contributed by atoms with van der Waals surface area (Å²) in [5.74, 6) is 0.460. The third-order valence-corrected chi connectivity index (χ3v) is 5.85. The summed E-state index contributed by atoms with van der Waals surface area (Å²) in [6.07, 6.45) is 2.65. The van der Waals surface area contributed by atoms with E-state index in [9.17, 15) is 4.79 Å². The molecule has 0 aromatic heterocycles. The maximum Gasteiger partial charge on any atom is 0.174 e. The topological polar surface area (TPSA) is 35.5 Å². The molecule has 0 aromatic rings. The second-order valence-electron chi connectivity index (χ2n) is 7.23. The maximum absolute atomic E-state index is 12.1. The zero-order chi connectivity index (χ0) is 13.2. The van der Waals surface area contributed by atoms with Gasteiger partial charge in [0.05, 0.1) is 13.2 Å². The molecule has 18 heavy (non-hydrogen) atoms. The first-order valence-electron chi connectivity index (χ1n) is 7.13. The maximum atomic E-state index is 12.1. The van der Waals surface area contributed by atoms with Gasteiger partial charge in [-0.1, -0.05) is 27.7 Å². The quantitative estimate of drug-likeness (QED) is 0.665. The summed E-state index contributed by atoms with van der Waals surface area (Å²) in [6, 6.07) is 0. The molecule has 2 saturated carbocycles. The molecule has 1 saturated heterocycles. The van der Waals surface area contributed by atoms with Gasteiger partial charge in [0.15, 0.2) is 5.79 Å². The molecular formula is C15H24O3. The first kappa shape index (κ1) is 12.6. The smallest absolute Gasteiger partial charge is 0.174 e. The van der Waals surface area contributed by atoms with E-state index in [1.54, 1.807) is 0 Å². The van der Waals surface area contributed by atoms with Crippen molar-refractivity contribution in [2.75, 3.05) is 13.2 Å². The fourth-order valence-corrected chi connectivity index (χ4v) is 5.20. The average Bonchev–Trinajstić information content (AvgIpc) is 2.79. The Balaban J connectivity index is 2.05. The van der Waals surface area contributed by atoms with E-state index in [1.807, 2.05) is 0 Å². The highest BCUT2D eigenvalue weighted by molar-refractivity contribution is 5.82. The van der Waals surface area contributed by atoms with E-state index in [1.165, 1.54) is 0 Å². The Morgan fingerprint density at radius 2 is 1.78 bits per heavy atom. The molecule has 1 aliphatic heterocycles. The number of rotatable bonds is 0. The molecule has 0 N–H and O–H groups in total. The lowest BCUT2D eigenvalue weighted by Gasteiger charge is -2.45. The summed E-state index contributed by atoms with van der Waals surface area (Å²) < 4.78 is 12.0. The number of carbonyl (C=O) groups is 1. The molecule has 0 aromatic carbocycles. The van der Waals surface area contributed by atoms with Gasteiger partial charge in [-0.3, -0.25) is 4.79 Å². The minimum Gasteiger partial charge on any atom is -0.347 e. The summed E-state index contributed by atoms with van der Waals surface area (Å²) in [4.78, 5) is 12.1. The Hall–Kier alpha value is -0.410. The standard InChI is InChI=1S/C15H24O3/c1-10-11(16)5-6-14(4)9-15(17-7-8-18-15)13(2,3)12(10)14/h10,12H,5-9H2,1-4H3/t10-,12-,14+/m1/s1. The van der Waals surface area contributed by atoms with Gasteiger partial charge in [0, 0.05) is 24.2 Å². The van der Waals surface area contributed by atoms with Crippen molar-refractivity contribution in [3.63, 3.8) is 0 Å². The van der Waals surface area contributed by atoms with Crippen LogP contribution >= 0.6 is 0 Å². The van der Waals surface area contributed by atoms with Crippen molar-refractivity contribution in [3.05, 3.63) is 0 Å². The molecule has 0 amide bonds. The number of ether oxygens (including phenoxy) is 2. The van der Waals surface area contributed by atoms with E-state index in [2.05, 4.69) is 27.7 Å². The lowest BCUT2D eigenvalue weighted by Crippen LogP contribution is -2.48. The van der Waals surface area contributed by atoms with Gasteiger partial charge in [0.1, 0.15) is 5.78 Å². The van der Waals surface area contributed by atoms with Crippen LogP contribution in [0.4, 0.5) is 0 Å². The molecule has 102 valence electrons. The largest absolute Gasteiger partial charge is 0.347 e. The zero-order valence-electron chi connectivity index (χ0n) is 11.9. The van der Waals surface area contributed by atoms with Gasteiger partial charge in [-0.15, -0.1) is 0 Å². The van der Waals surface area contributed by atoms with Crippen molar-refractivity contribution in [2.45, 2.75) is 52.7 Å². The molecule has 1 spiro atoms. The molecule has 3 rings (SSSR count). The van der Waals surface area contributed by atoms with Crippen LogP contribution in [0.2, 0.25) is 0 Å². The number of fused-ring (bicyclic) bond motifs is 1. The Labute approximate surface area is 109 Å². The van der Waals surface area contributed by atoms with Gasteiger partial charge >= 0.3 is 0 Å². The number of hydrogen-bond donors (Lipinski definition) is 0. The van der Waals surface area contributed by atoms with Crippen LogP contribution in [0.25, 0.3) is 0 Å². The summed E-state index contributed by atoms with van der Waals surface area (Å²) >= 11 is 0. The van der Waals surface area contributed by atoms with Gasteiger partial charge < -0.3 is 9.47 Å². The molecule has 0 radical (unpaired) electrons. The highest BCUT2D eigenvalue weighted by Gasteiger charge is 2.69. The molecule has 2 aliphatic carbocycles. The fraction of sp³-hybridized carbons (Fsp3) is 0.933. The molecule has 3 fully saturated rings. The minimum absolute atomic E-state index is 0.0895. The molecule has 1 heterocycles. The number of hydrogen-bond acceptors (Lipinski definition) is 3. The van der Waals surface area contributed by atoms with E-state index in [0.717, 1.165) is 19.3 Å². The minimum atomic E-state index is -0.453. The molecule has 3 nitrogen and oxygen atoms in total. The molecule has 3 atom stereocenters. The van der Waals surface area contributed by atoms with Crippen molar-refractivity contribution < 1.29 is 14.3 Å². The Kier molecular flexibility index (Phi) is 2.50. The second-order valence-corrected chi connectivity index (χ2v) is 7.23. The summed E-state index contributed by atoms with van der Waals surface area (Å²) in [5.41, 5.74) is 0.0922. The second kappa shape index (κ2) is 3.57. The summed E-state index contributed by atoms with van der Waals surface area (Å²) in [7, 11) is 0.